The van der Waals surface area contributed by atoms with E-state index >= 15 is 0 Å². The van der Waals surface area contributed by atoms with Crippen molar-refractivity contribution < 1.29 is 4.79 Å². The number of halogens is 1. The normalized spacial score (nSPS) is 16.3. The molecule has 2 aromatic carbocycles. The number of hydrogen-bond acceptors (Lipinski definition) is 4. The molecule has 1 atom stereocenters. The van der Waals surface area contributed by atoms with Gasteiger partial charge in [0.1, 0.15) is 0 Å². The summed E-state index contributed by atoms with van der Waals surface area (Å²) in [4.78, 5) is 28.1. The number of carbonyl (C=O) groups is 1. The number of rotatable bonds is 6. The highest BCUT2D eigenvalue weighted by molar-refractivity contribution is 6.30. The van der Waals surface area contributed by atoms with Crippen LogP contribution in [0.2, 0.25) is 5.02 Å². The minimum atomic E-state index is -0.237. The lowest BCUT2D eigenvalue weighted by Gasteiger charge is -2.19. The number of nitrogens with zero attached hydrogens (tertiary/aromatic N) is 3. The number of amides is 1. The fourth-order valence-electron chi connectivity index (χ4n) is 4.08. The molecule has 6 nitrogen and oxygen atoms in total. The molecule has 0 radical (unpaired) electrons. The predicted octanol–water partition coefficient (Wildman–Crippen LogP) is 3.96. The van der Waals surface area contributed by atoms with Gasteiger partial charge in [0, 0.05) is 42.3 Å². The first-order valence-corrected chi connectivity index (χ1v) is 11.1. The van der Waals surface area contributed by atoms with Gasteiger partial charge in [-0.1, -0.05) is 43.6 Å². The Labute approximate surface area is 186 Å². The number of aromatic nitrogens is 2. The Morgan fingerprint density at radius 2 is 1.87 bits per heavy atom. The molecule has 1 aliphatic rings. The number of anilines is 1. The Balaban J connectivity index is 1.48. The summed E-state index contributed by atoms with van der Waals surface area (Å²) in [5.41, 5.74) is 1.30. The number of carbonyl (C=O) groups excluding carboxylic acids is 1. The average Bonchev–Trinajstić information content (AvgIpc) is 3.23. The fraction of sp³-hybridized carbons (Fsp3) is 0.375. The van der Waals surface area contributed by atoms with E-state index in [2.05, 4.69) is 15.3 Å². The van der Waals surface area contributed by atoms with E-state index < -0.39 is 0 Å². The van der Waals surface area contributed by atoms with E-state index in [0.717, 1.165) is 30.2 Å². The first-order valence-electron chi connectivity index (χ1n) is 10.7. The number of fused-ring (bicyclic) bond motifs is 1. The summed E-state index contributed by atoms with van der Waals surface area (Å²) >= 11 is 5.99. The molecule has 1 aromatic heterocycles. The summed E-state index contributed by atoms with van der Waals surface area (Å²) in [6.07, 6.45) is 1.00. The van der Waals surface area contributed by atoms with Crippen LogP contribution in [0.3, 0.4) is 0 Å². The van der Waals surface area contributed by atoms with E-state index in [4.69, 9.17) is 11.6 Å². The molecule has 162 valence electrons. The van der Waals surface area contributed by atoms with Gasteiger partial charge in [0.2, 0.25) is 0 Å². The maximum absolute atomic E-state index is 13.0. The summed E-state index contributed by atoms with van der Waals surface area (Å²) in [5, 5.41) is 9.32. The van der Waals surface area contributed by atoms with E-state index in [9.17, 15) is 9.59 Å². The second kappa shape index (κ2) is 9.10. The van der Waals surface area contributed by atoms with E-state index in [1.54, 1.807) is 12.1 Å². The molecule has 0 saturated carbocycles. The molecule has 31 heavy (non-hydrogen) atoms. The average molecular weight is 439 g/mol. The molecule has 1 amide bonds. The number of hydrogen-bond donors (Lipinski definition) is 1. The summed E-state index contributed by atoms with van der Waals surface area (Å²) in [7, 11) is 0. The highest BCUT2D eigenvalue weighted by atomic mass is 35.5. The van der Waals surface area contributed by atoms with Crippen LogP contribution in [-0.4, -0.2) is 35.3 Å². The van der Waals surface area contributed by atoms with Gasteiger partial charge in [0.15, 0.2) is 5.69 Å². The van der Waals surface area contributed by atoms with Crippen molar-refractivity contribution in [3.8, 4) is 0 Å². The van der Waals surface area contributed by atoms with E-state index in [1.807, 2.05) is 50.2 Å². The molecule has 1 saturated heterocycles. The van der Waals surface area contributed by atoms with Crippen molar-refractivity contribution in [1.82, 2.24) is 15.1 Å². The predicted molar refractivity (Wildman–Crippen MR) is 125 cm³/mol. The van der Waals surface area contributed by atoms with Crippen LogP contribution < -0.4 is 15.8 Å². The summed E-state index contributed by atoms with van der Waals surface area (Å²) in [6.45, 7) is 6.92. The van der Waals surface area contributed by atoms with Gasteiger partial charge < -0.3 is 10.2 Å². The fourth-order valence-corrected chi connectivity index (χ4v) is 4.20. The first-order chi connectivity index (χ1) is 14.9. The Kier molecular flexibility index (Phi) is 6.28. The van der Waals surface area contributed by atoms with Gasteiger partial charge in [-0.3, -0.25) is 9.59 Å². The zero-order valence-electron chi connectivity index (χ0n) is 17.8. The molecule has 2 heterocycles. The van der Waals surface area contributed by atoms with Crippen LogP contribution in [0.5, 0.6) is 0 Å². The van der Waals surface area contributed by atoms with E-state index in [1.165, 1.54) is 4.68 Å². The van der Waals surface area contributed by atoms with Gasteiger partial charge in [0.25, 0.3) is 11.5 Å². The molecule has 4 rings (SSSR count). The minimum absolute atomic E-state index is 0.157. The van der Waals surface area contributed by atoms with Gasteiger partial charge >= 0.3 is 0 Å². The van der Waals surface area contributed by atoms with Crippen LogP contribution in [-0.2, 0) is 6.54 Å². The van der Waals surface area contributed by atoms with Gasteiger partial charge in [0.05, 0.1) is 5.39 Å². The highest BCUT2D eigenvalue weighted by Gasteiger charge is 2.24. The highest BCUT2D eigenvalue weighted by Crippen LogP contribution is 2.25. The van der Waals surface area contributed by atoms with Gasteiger partial charge in [-0.05, 0) is 48.6 Å². The lowest BCUT2D eigenvalue weighted by molar-refractivity contribution is 0.0942. The Hall–Kier alpha value is -2.86. The van der Waals surface area contributed by atoms with Crippen LogP contribution in [0, 0.1) is 11.8 Å². The van der Waals surface area contributed by atoms with Gasteiger partial charge in [-0.2, -0.15) is 5.10 Å². The zero-order valence-corrected chi connectivity index (χ0v) is 18.6. The van der Waals surface area contributed by atoms with Crippen molar-refractivity contribution in [3.63, 3.8) is 0 Å². The van der Waals surface area contributed by atoms with Crippen LogP contribution >= 0.6 is 11.6 Å². The topological polar surface area (TPSA) is 67.2 Å². The lowest BCUT2D eigenvalue weighted by Crippen LogP contribution is -2.34. The minimum Gasteiger partial charge on any atom is -0.371 e. The SMILES string of the molecule is CC(C)Cn1nc(C(=O)NCC2CCN(c3ccc(Cl)cc3)C2)c2ccccc2c1=O. The second-order valence-corrected chi connectivity index (χ2v) is 9.00. The Morgan fingerprint density at radius 1 is 1.16 bits per heavy atom. The number of nitrogens with one attached hydrogen (secondary N) is 1. The van der Waals surface area contributed by atoms with Gasteiger partial charge in [-0.15, -0.1) is 0 Å². The molecule has 1 unspecified atom stereocenters. The summed E-state index contributed by atoms with van der Waals surface area (Å²) in [6, 6.07) is 15.0. The standard InChI is InChI=1S/C24H27ClN4O2/c1-16(2)14-29-24(31)21-6-4-3-5-20(21)22(27-29)23(30)26-13-17-11-12-28(15-17)19-9-7-18(25)8-10-19/h3-10,16-17H,11-15H2,1-2H3,(H,26,30). The lowest BCUT2D eigenvalue weighted by atomic mass is 10.1. The van der Waals surface area contributed by atoms with Crippen molar-refractivity contribution in [3.05, 3.63) is 69.6 Å². The van der Waals surface area contributed by atoms with Crippen molar-refractivity contribution in [2.24, 2.45) is 11.8 Å². The molecule has 7 heteroatoms. The Morgan fingerprint density at radius 3 is 2.58 bits per heavy atom. The van der Waals surface area contributed by atoms with Crippen molar-refractivity contribution in [1.29, 1.82) is 0 Å². The largest absolute Gasteiger partial charge is 0.371 e. The maximum atomic E-state index is 13.0. The van der Waals surface area contributed by atoms with Gasteiger partial charge in [-0.25, -0.2) is 4.68 Å². The van der Waals surface area contributed by atoms with Crippen molar-refractivity contribution >= 4 is 34.0 Å². The van der Waals surface area contributed by atoms with Crippen LogP contribution in [0.15, 0.2) is 53.3 Å². The molecule has 3 aromatic rings. The molecular formula is C24H27ClN4O2. The van der Waals surface area contributed by atoms with E-state index in [-0.39, 0.29) is 17.4 Å². The quantitative estimate of drug-likeness (QED) is 0.632. The second-order valence-electron chi connectivity index (χ2n) is 8.56. The monoisotopic (exact) mass is 438 g/mol. The van der Waals surface area contributed by atoms with Crippen molar-refractivity contribution in [2.45, 2.75) is 26.8 Å². The third kappa shape index (κ3) is 4.74. The van der Waals surface area contributed by atoms with E-state index in [0.29, 0.717) is 35.5 Å². The molecule has 0 bridgehead atoms. The molecule has 1 fully saturated rings. The molecular weight excluding hydrogens is 412 g/mol. The number of benzene rings is 2. The molecule has 1 N–H and O–H groups in total. The summed E-state index contributed by atoms with van der Waals surface area (Å²) < 4.78 is 1.42. The molecule has 1 aliphatic heterocycles. The van der Waals surface area contributed by atoms with Crippen LogP contribution in [0.4, 0.5) is 5.69 Å². The maximum Gasteiger partial charge on any atom is 0.274 e. The molecule has 0 aliphatic carbocycles. The van der Waals surface area contributed by atoms with Crippen LogP contribution in [0.1, 0.15) is 30.8 Å². The van der Waals surface area contributed by atoms with Crippen LogP contribution in [0.25, 0.3) is 10.8 Å². The zero-order chi connectivity index (χ0) is 22.0. The van der Waals surface area contributed by atoms with Crippen molar-refractivity contribution in [2.75, 3.05) is 24.5 Å². The summed E-state index contributed by atoms with van der Waals surface area (Å²) in [5.74, 6) is 0.366. The first kappa shape index (κ1) is 21.4. The smallest absolute Gasteiger partial charge is 0.274 e. The molecule has 0 spiro atoms. The third-order valence-electron chi connectivity index (χ3n) is 5.65. The Bertz CT molecular complexity index is 1140. The third-order valence-corrected chi connectivity index (χ3v) is 5.90.